The van der Waals surface area contributed by atoms with Gasteiger partial charge in [0.1, 0.15) is 0 Å². The highest BCUT2D eigenvalue weighted by molar-refractivity contribution is 7.89. The molecule has 9 heteroatoms. The molecule has 1 aromatic rings. The minimum Gasteiger partial charge on any atom is -0.314 e. The van der Waals surface area contributed by atoms with E-state index in [9.17, 15) is 8.42 Å². The summed E-state index contributed by atoms with van der Waals surface area (Å²) in [6.07, 6.45) is 1.37. The van der Waals surface area contributed by atoms with Gasteiger partial charge in [-0.3, -0.25) is 9.58 Å². The Hall–Kier alpha value is -0.670. The monoisotopic (exact) mass is 319 g/mol. The van der Waals surface area contributed by atoms with Gasteiger partial charge in [-0.15, -0.1) is 0 Å². The van der Waals surface area contributed by atoms with E-state index in [0.29, 0.717) is 19.1 Å². The second-order valence-corrected chi connectivity index (χ2v) is 7.43. The molecular formula is C11H18ClN5O2S. The first kappa shape index (κ1) is 14.3. The van der Waals surface area contributed by atoms with E-state index >= 15 is 0 Å². The largest absolute Gasteiger partial charge is 0.314 e. The van der Waals surface area contributed by atoms with Crippen LogP contribution in [0.3, 0.4) is 0 Å². The molecule has 0 saturated carbocycles. The third-order valence-corrected chi connectivity index (χ3v) is 6.38. The van der Waals surface area contributed by atoms with Crippen LogP contribution in [0.25, 0.3) is 0 Å². The average molecular weight is 320 g/mol. The summed E-state index contributed by atoms with van der Waals surface area (Å²) in [4.78, 5) is 2.34. The zero-order valence-corrected chi connectivity index (χ0v) is 12.9. The van der Waals surface area contributed by atoms with Crippen molar-refractivity contribution in [1.29, 1.82) is 0 Å². The molecule has 20 heavy (non-hydrogen) atoms. The van der Waals surface area contributed by atoms with E-state index in [1.165, 1.54) is 15.2 Å². The Labute approximate surface area is 123 Å². The summed E-state index contributed by atoms with van der Waals surface area (Å²) >= 11 is 5.95. The van der Waals surface area contributed by atoms with Crippen molar-refractivity contribution >= 4 is 21.6 Å². The maximum Gasteiger partial charge on any atom is 0.261 e. The molecule has 2 aliphatic heterocycles. The zero-order chi connectivity index (χ0) is 14.3. The first-order chi connectivity index (χ1) is 9.50. The summed E-state index contributed by atoms with van der Waals surface area (Å²) in [5, 5.41) is 7.40. The molecule has 112 valence electrons. The van der Waals surface area contributed by atoms with Crippen molar-refractivity contribution in [2.24, 2.45) is 7.05 Å². The van der Waals surface area contributed by atoms with Gasteiger partial charge in [-0.05, 0) is 0 Å². The molecule has 0 amide bonds. The Bertz CT molecular complexity index is 570. The fourth-order valence-corrected chi connectivity index (χ4v) is 4.68. The van der Waals surface area contributed by atoms with Crippen LogP contribution in [-0.2, 0) is 17.1 Å². The normalized spacial score (nSPS) is 22.9. The lowest BCUT2D eigenvalue weighted by Gasteiger charge is -2.42. The first-order valence-corrected chi connectivity index (χ1v) is 8.44. The molecular weight excluding hydrogens is 302 g/mol. The summed E-state index contributed by atoms with van der Waals surface area (Å²) in [7, 11) is -1.97. The number of nitrogens with one attached hydrogen (secondary N) is 1. The number of piperazine rings is 1. The van der Waals surface area contributed by atoms with E-state index < -0.39 is 10.0 Å². The lowest BCUT2D eigenvalue weighted by molar-refractivity contribution is 0.103. The smallest absolute Gasteiger partial charge is 0.261 e. The van der Waals surface area contributed by atoms with Crippen molar-refractivity contribution in [1.82, 2.24) is 24.3 Å². The maximum absolute atomic E-state index is 12.6. The van der Waals surface area contributed by atoms with Crippen LogP contribution in [0.2, 0.25) is 5.02 Å². The number of sulfonamides is 1. The number of hydrogen-bond donors (Lipinski definition) is 1. The van der Waals surface area contributed by atoms with E-state index in [1.54, 1.807) is 7.05 Å². The first-order valence-electron chi connectivity index (χ1n) is 6.62. The second-order valence-electron chi connectivity index (χ2n) is 5.17. The third-order valence-electron chi connectivity index (χ3n) is 3.98. The lowest BCUT2D eigenvalue weighted by atomic mass is 10.1. The molecule has 0 radical (unpaired) electrons. The average Bonchev–Trinajstić information content (AvgIpc) is 2.68. The van der Waals surface area contributed by atoms with Crippen molar-refractivity contribution in [3.8, 4) is 0 Å². The molecule has 7 nitrogen and oxygen atoms in total. The Morgan fingerprint density at radius 1 is 1.30 bits per heavy atom. The Balaban J connectivity index is 1.73. The Morgan fingerprint density at radius 3 is 2.40 bits per heavy atom. The minimum atomic E-state index is -3.56. The highest BCUT2D eigenvalue weighted by atomic mass is 35.5. The van der Waals surface area contributed by atoms with E-state index in [4.69, 9.17) is 11.6 Å². The molecule has 2 saturated heterocycles. The fourth-order valence-electron chi connectivity index (χ4n) is 2.65. The molecule has 0 bridgehead atoms. The van der Waals surface area contributed by atoms with E-state index in [0.717, 1.165) is 26.2 Å². The Morgan fingerprint density at radius 2 is 1.95 bits per heavy atom. The van der Waals surface area contributed by atoms with Crippen LogP contribution in [0.1, 0.15) is 0 Å². The molecule has 0 aliphatic carbocycles. The SMILES string of the molecule is Cn1ncc(Cl)c1S(=O)(=O)N1CCN(C2CNC2)CC1. The second kappa shape index (κ2) is 5.27. The van der Waals surface area contributed by atoms with Gasteiger partial charge in [0.15, 0.2) is 5.03 Å². The molecule has 2 fully saturated rings. The maximum atomic E-state index is 12.6. The van der Waals surface area contributed by atoms with Crippen LogP contribution >= 0.6 is 11.6 Å². The zero-order valence-electron chi connectivity index (χ0n) is 11.3. The lowest BCUT2D eigenvalue weighted by Crippen LogP contribution is -2.62. The summed E-state index contributed by atoms with van der Waals surface area (Å²) in [6, 6.07) is 0.556. The minimum absolute atomic E-state index is 0.0814. The molecule has 3 heterocycles. The van der Waals surface area contributed by atoms with Gasteiger partial charge in [0.25, 0.3) is 10.0 Å². The molecule has 0 atom stereocenters. The highest BCUT2D eigenvalue weighted by Crippen LogP contribution is 2.24. The topological polar surface area (TPSA) is 70.5 Å². The fraction of sp³-hybridized carbons (Fsp3) is 0.727. The molecule has 0 aromatic carbocycles. The van der Waals surface area contributed by atoms with Gasteiger partial charge >= 0.3 is 0 Å². The van der Waals surface area contributed by atoms with Crippen molar-refractivity contribution in [3.05, 3.63) is 11.2 Å². The molecule has 3 rings (SSSR count). The van der Waals surface area contributed by atoms with E-state index in [1.807, 2.05) is 0 Å². The van der Waals surface area contributed by atoms with Crippen LogP contribution in [-0.4, -0.2) is 72.7 Å². The standard InChI is InChI=1S/C11H18ClN5O2S/c1-15-11(10(12)8-14-15)20(18,19)17-4-2-16(3-5-17)9-6-13-7-9/h8-9,13H,2-7H2,1H3. The predicted octanol–water partition coefficient (Wildman–Crippen LogP) is -0.648. The van der Waals surface area contributed by atoms with Crippen LogP contribution in [0, 0.1) is 0 Å². The van der Waals surface area contributed by atoms with Crippen LogP contribution in [0.5, 0.6) is 0 Å². The van der Waals surface area contributed by atoms with Gasteiger partial charge < -0.3 is 5.32 Å². The van der Waals surface area contributed by atoms with Gasteiger partial charge in [0, 0.05) is 52.4 Å². The quantitative estimate of drug-likeness (QED) is 0.802. The van der Waals surface area contributed by atoms with Gasteiger partial charge in [0.2, 0.25) is 0 Å². The summed E-state index contributed by atoms with van der Waals surface area (Å²) in [6.45, 7) is 4.53. The predicted molar refractivity (Wildman–Crippen MR) is 75.2 cm³/mol. The van der Waals surface area contributed by atoms with Crippen molar-refractivity contribution < 1.29 is 8.42 Å². The number of rotatable bonds is 3. The number of nitrogens with zero attached hydrogens (tertiary/aromatic N) is 4. The van der Waals surface area contributed by atoms with Gasteiger partial charge in [-0.25, -0.2) is 8.42 Å². The van der Waals surface area contributed by atoms with Crippen LogP contribution < -0.4 is 5.32 Å². The summed E-state index contributed by atoms with van der Waals surface area (Å²) in [5.41, 5.74) is 0. The number of aromatic nitrogens is 2. The molecule has 1 aromatic heterocycles. The van der Waals surface area contributed by atoms with Gasteiger partial charge in [-0.1, -0.05) is 11.6 Å². The van der Waals surface area contributed by atoms with E-state index in [-0.39, 0.29) is 10.0 Å². The highest BCUT2D eigenvalue weighted by Gasteiger charge is 2.35. The molecule has 2 aliphatic rings. The Kier molecular flexibility index (Phi) is 3.76. The van der Waals surface area contributed by atoms with Gasteiger partial charge in [-0.2, -0.15) is 9.40 Å². The van der Waals surface area contributed by atoms with Crippen molar-refractivity contribution in [3.63, 3.8) is 0 Å². The molecule has 0 unspecified atom stereocenters. The number of halogens is 1. The van der Waals surface area contributed by atoms with Crippen LogP contribution in [0.4, 0.5) is 0 Å². The summed E-state index contributed by atoms with van der Waals surface area (Å²) < 4.78 is 28.0. The number of aryl methyl sites for hydroxylation is 1. The molecule has 0 spiro atoms. The molecule has 1 N–H and O–H groups in total. The van der Waals surface area contributed by atoms with Crippen molar-refractivity contribution in [2.45, 2.75) is 11.1 Å². The number of hydrogen-bond acceptors (Lipinski definition) is 5. The van der Waals surface area contributed by atoms with Gasteiger partial charge in [0.05, 0.1) is 11.2 Å². The summed E-state index contributed by atoms with van der Waals surface area (Å²) in [5.74, 6) is 0. The van der Waals surface area contributed by atoms with E-state index in [2.05, 4.69) is 15.3 Å². The van der Waals surface area contributed by atoms with Crippen molar-refractivity contribution in [2.75, 3.05) is 39.3 Å². The third kappa shape index (κ3) is 2.35. The van der Waals surface area contributed by atoms with Crippen LogP contribution in [0.15, 0.2) is 11.2 Å².